The van der Waals surface area contributed by atoms with Gasteiger partial charge in [-0.3, -0.25) is 4.79 Å². The number of rotatable bonds is 4. The lowest BCUT2D eigenvalue weighted by molar-refractivity contribution is 0.100. The second-order valence-electron chi connectivity index (χ2n) is 5.76. The summed E-state index contributed by atoms with van der Waals surface area (Å²) >= 11 is 0. The Kier molecular flexibility index (Phi) is 4.06. The van der Waals surface area contributed by atoms with Gasteiger partial charge in [0.15, 0.2) is 0 Å². The molecule has 0 aliphatic heterocycles. The Morgan fingerprint density at radius 2 is 2.26 bits per heavy atom. The topological polar surface area (TPSA) is 101 Å². The lowest BCUT2D eigenvalue weighted by atomic mass is 9.69. The summed E-state index contributed by atoms with van der Waals surface area (Å²) in [7, 11) is -1.33. The predicted octanol–water partition coefficient (Wildman–Crippen LogP) is 1.17. The predicted molar refractivity (Wildman–Crippen MR) is 88.8 cm³/mol. The zero-order valence-corrected chi connectivity index (χ0v) is 12.8. The normalized spacial score (nSPS) is 17.3. The Labute approximate surface area is 134 Å². The Morgan fingerprint density at radius 3 is 2.87 bits per heavy atom. The smallest absolute Gasteiger partial charge is 0.427 e. The minimum absolute atomic E-state index is 0.252. The molecule has 1 aliphatic carbocycles. The summed E-state index contributed by atoms with van der Waals surface area (Å²) in [6.45, 7) is 2.56. The average Bonchev–Trinajstić information content (AvgIpc) is 2.83. The highest BCUT2D eigenvalue weighted by Crippen LogP contribution is 2.25. The van der Waals surface area contributed by atoms with Crippen LogP contribution in [0.15, 0.2) is 42.0 Å². The molecule has 1 unspecified atom stereocenters. The van der Waals surface area contributed by atoms with Crippen LogP contribution in [0.25, 0.3) is 11.0 Å². The van der Waals surface area contributed by atoms with Crippen LogP contribution in [-0.4, -0.2) is 32.6 Å². The molecule has 2 aromatic rings. The summed E-state index contributed by atoms with van der Waals surface area (Å²) in [6, 6.07) is 5.25. The number of aromatic nitrogens is 2. The molecule has 0 bridgehead atoms. The van der Waals surface area contributed by atoms with E-state index in [1.807, 2.05) is 31.2 Å². The zero-order valence-electron chi connectivity index (χ0n) is 12.8. The van der Waals surface area contributed by atoms with Crippen molar-refractivity contribution in [2.45, 2.75) is 25.7 Å². The van der Waals surface area contributed by atoms with Crippen molar-refractivity contribution in [3.05, 3.63) is 53.4 Å². The van der Waals surface area contributed by atoms with E-state index in [2.05, 4.69) is 9.55 Å². The van der Waals surface area contributed by atoms with Gasteiger partial charge in [0.2, 0.25) is 5.91 Å². The molecule has 0 fully saturated rings. The van der Waals surface area contributed by atoms with Gasteiger partial charge >= 0.3 is 7.12 Å². The summed E-state index contributed by atoms with van der Waals surface area (Å²) in [5, 5.41) is 18.4. The minimum Gasteiger partial charge on any atom is -0.427 e. The number of allylic oxidation sites excluding steroid dienone is 4. The number of amides is 1. The number of carbonyl (C=O) groups excluding carboxylic acids is 1. The summed E-state index contributed by atoms with van der Waals surface area (Å²) in [5.41, 5.74) is 8.51. The maximum atomic E-state index is 11.3. The van der Waals surface area contributed by atoms with Crippen molar-refractivity contribution in [2.75, 3.05) is 0 Å². The van der Waals surface area contributed by atoms with Crippen LogP contribution in [0, 0.1) is 6.92 Å². The third kappa shape index (κ3) is 3.06. The summed E-state index contributed by atoms with van der Waals surface area (Å²) in [6.07, 6.45) is 6.34. The monoisotopic (exact) mass is 311 g/mol. The van der Waals surface area contributed by atoms with Gasteiger partial charge in [-0.1, -0.05) is 18.2 Å². The van der Waals surface area contributed by atoms with Crippen LogP contribution in [0.4, 0.5) is 0 Å². The van der Waals surface area contributed by atoms with E-state index in [1.54, 1.807) is 12.1 Å². The zero-order chi connectivity index (χ0) is 16.6. The molecule has 0 saturated heterocycles. The number of nitrogens with two attached hydrogens (primary N) is 1. The van der Waals surface area contributed by atoms with E-state index in [9.17, 15) is 14.8 Å². The molecule has 1 atom stereocenters. The Hall–Kier alpha value is -2.38. The highest BCUT2D eigenvalue weighted by Gasteiger charge is 2.21. The van der Waals surface area contributed by atoms with Crippen LogP contribution in [0.3, 0.4) is 0 Å². The van der Waals surface area contributed by atoms with E-state index in [-0.39, 0.29) is 5.82 Å². The lowest BCUT2D eigenvalue weighted by Crippen LogP contribution is -2.19. The van der Waals surface area contributed by atoms with Gasteiger partial charge in [0.05, 0.1) is 11.0 Å². The van der Waals surface area contributed by atoms with Gasteiger partial charge in [0.25, 0.3) is 0 Å². The van der Waals surface area contributed by atoms with E-state index in [0.717, 1.165) is 22.4 Å². The van der Waals surface area contributed by atoms with Gasteiger partial charge in [-0.25, -0.2) is 4.98 Å². The van der Waals surface area contributed by atoms with Crippen LogP contribution in [-0.2, 0) is 6.54 Å². The third-order valence-electron chi connectivity index (χ3n) is 4.16. The number of imidazole rings is 1. The number of nitrogens with zero attached hydrogens (tertiary/aromatic N) is 2. The number of hydrogen-bond donors (Lipinski definition) is 3. The van der Waals surface area contributed by atoms with Gasteiger partial charge in [-0.15, -0.1) is 0 Å². The molecule has 1 amide bonds. The van der Waals surface area contributed by atoms with Gasteiger partial charge in [0, 0.05) is 17.9 Å². The fourth-order valence-corrected chi connectivity index (χ4v) is 2.81. The Balaban J connectivity index is 1.88. The van der Waals surface area contributed by atoms with Crippen molar-refractivity contribution in [2.24, 2.45) is 5.73 Å². The maximum Gasteiger partial charge on any atom is 0.459 e. The number of primary amides is 1. The maximum absolute atomic E-state index is 11.3. The number of aryl methyl sites for hydroxylation is 1. The van der Waals surface area contributed by atoms with Crippen LogP contribution in [0.5, 0.6) is 0 Å². The largest absolute Gasteiger partial charge is 0.459 e. The van der Waals surface area contributed by atoms with Crippen molar-refractivity contribution < 1.29 is 14.8 Å². The van der Waals surface area contributed by atoms with Crippen LogP contribution >= 0.6 is 0 Å². The molecule has 1 heterocycles. The summed E-state index contributed by atoms with van der Waals surface area (Å²) in [4.78, 5) is 15.8. The molecule has 0 spiro atoms. The molecule has 23 heavy (non-hydrogen) atoms. The van der Waals surface area contributed by atoms with Crippen molar-refractivity contribution in [3.8, 4) is 0 Å². The highest BCUT2D eigenvalue weighted by atomic mass is 16.4. The second-order valence-corrected chi connectivity index (χ2v) is 5.76. The molecule has 6 nitrogen and oxygen atoms in total. The molecule has 1 aromatic carbocycles. The van der Waals surface area contributed by atoms with Crippen molar-refractivity contribution in [1.29, 1.82) is 0 Å². The number of hydrogen-bond acceptors (Lipinski definition) is 4. The molecule has 0 saturated carbocycles. The van der Waals surface area contributed by atoms with Crippen LogP contribution in [0.2, 0.25) is 5.82 Å². The Morgan fingerprint density at radius 1 is 1.48 bits per heavy atom. The van der Waals surface area contributed by atoms with Crippen molar-refractivity contribution in [3.63, 3.8) is 0 Å². The minimum atomic E-state index is -1.33. The van der Waals surface area contributed by atoms with E-state index in [1.165, 1.54) is 0 Å². The molecular weight excluding hydrogens is 293 g/mol. The molecule has 1 aliphatic rings. The van der Waals surface area contributed by atoms with E-state index in [4.69, 9.17) is 5.73 Å². The fourth-order valence-electron chi connectivity index (χ4n) is 2.81. The molecule has 0 radical (unpaired) electrons. The molecule has 4 N–H and O–H groups in total. The fraction of sp³-hybridized carbons (Fsp3) is 0.250. The van der Waals surface area contributed by atoms with Crippen LogP contribution in [0.1, 0.15) is 22.6 Å². The van der Waals surface area contributed by atoms with Gasteiger partial charge in [-0.2, -0.15) is 0 Å². The van der Waals surface area contributed by atoms with E-state index in [0.29, 0.717) is 18.5 Å². The third-order valence-corrected chi connectivity index (χ3v) is 4.16. The van der Waals surface area contributed by atoms with Gasteiger partial charge in [-0.05, 0) is 37.1 Å². The van der Waals surface area contributed by atoms with Crippen molar-refractivity contribution >= 4 is 24.1 Å². The first-order valence-electron chi connectivity index (χ1n) is 7.46. The van der Waals surface area contributed by atoms with Crippen molar-refractivity contribution in [1.82, 2.24) is 9.55 Å². The summed E-state index contributed by atoms with van der Waals surface area (Å²) < 4.78 is 2.06. The van der Waals surface area contributed by atoms with Gasteiger partial charge in [0.1, 0.15) is 5.82 Å². The molecule has 1 aromatic heterocycles. The lowest BCUT2D eigenvalue weighted by Gasteiger charge is -2.16. The van der Waals surface area contributed by atoms with E-state index < -0.39 is 13.0 Å². The first-order chi connectivity index (χ1) is 11.0. The van der Waals surface area contributed by atoms with Crippen LogP contribution < -0.4 is 5.73 Å². The first kappa shape index (κ1) is 15.5. The Bertz CT molecular complexity index is 823. The SMILES string of the molecule is Cc1nc2cc(C(N)=O)ccc2n1CC1=CCC(B(O)O)C=C1. The summed E-state index contributed by atoms with van der Waals surface area (Å²) in [5.74, 6) is 0.128. The number of fused-ring (bicyclic) bond motifs is 1. The van der Waals surface area contributed by atoms with E-state index >= 15 is 0 Å². The molecule has 3 rings (SSSR count). The quantitative estimate of drug-likeness (QED) is 0.738. The molecule has 118 valence electrons. The first-order valence-corrected chi connectivity index (χ1v) is 7.46. The molecule has 7 heteroatoms. The van der Waals surface area contributed by atoms with Gasteiger partial charge < -0.3 is 20.3 Å². The average molecular weight is 311 g/mol. The molecular formula is C16H18BN3O3. The standard InChI is InChI=1S/C16H18BN3O3/c1-10-19-14-8-12(16(18)21)4-7-15(14)20(10)9-11-2-5-13(6-3-11)17(22)23/h2-5,7-8,13,22-23H,6,9H2,1H3,(H2,18,21). The second kappa shape index (κ2) is 6.02. The number of carbonyl (C=O) groups is 1. The number of benzene rings is 1. The highest BCUT2D eigenvalue weighted by molar-refractivity contribution is 6.44.